The summed E-state index contributed by atoms with van der Waals surface area (Å²) in [5.41, 5.74) is 2.20. The zero-order valence-electron chi connectivity index (χ0n) is 16.4. The number of hydrogen-bond acceptors (Lipinski definition) is 6. The van der Waals surface area contributed by atoms with Crippen molar-refractivity contribution in [1.29, 1.82) is 0 Å². The monoisotopic (exact) mass is 397 g/mol. The largest absolute Gasteiger partial charge is 0.468 e. The number of fused-ring (bicyclic) bond motifs is 1. The molecule has 2 aromatic carbocycles. The highest BCUT2D eigenvalue weighted by Gasteiger charge is 2.42. The van der Waals surface area contributed by atoms with E-state index in [1.54, 1.807) is 24.3 Å². The van der Waals surface area contributed by atoms with Crippen molar-refractivity contribution in [3.8, 4) is 0 Å². The second-order valence-corrected chi connectivity index (χ2v) is 6.67. The van der Waals surface area contributed by atoms with Crippen molar-refractivity contribution in [2.45, 2.75) is 18.9 Å². The normalized spacial score (nSPS) is 15.4. The molecule has 7 nitrogen and oxygen atoms in total. The van der Waals surface area contributed by atoms with Gasteiger partial charge in [0.2, 0.25) is 0 Å². The average Bonchev–Trinajstić information content (AvgIpc) is 2.78. The van der Waals surface area contributed by atoms with Gasteiger partial charge in [-0.2, -0.15) is 0 Å². The van der Waals surface area contributed by atoms with Crippen molar-refractivity contribution in [1.82, 2.24) is 0 Å². The molecule has 0 aromatic heterocycles. The zero-order chi connectivity index (χ0) is 20.8. The van der Waals surface area contributed by atoms with Crippen LogP contribution in [0.3, 0.4) is 0 Å². The number of esters is 2. The lowest BCUT2D eigenvalue weighted by atomic mass is 9.80. The molecule has 3 rings (SSSR count). The van der Waals surface area contributed by atoms with Crippen LogP contribution in [0.25, 0.3) is 0 Å². The van der Waals surface area contributed by atoms with E-state index in [9.17, 15) is 14.4 Å². The highest BCUT2D eigenvalue weighted by molar-refractivity contribution is 5.97. The first-order valence-corrected chi connectivity index (χ1v) is 9.29. The Morgan fingerprint density at radius 1 is 0.966 bits per heavy atom. The van der Waals surface area contributed by atoms with Crippen LogP contribution in [0.2, 0.25) is 0 Å². The molecule has 2 aromatic rings. The van der Waals surface area contributed by atoms with E-state index in [4.69, 9.17) is 14.2 Å². The Bertz CT molecular complexity index is 866. The number of nitrogens with zero attached hydrogens (tertiary/aromatic N) is 1. The van der Waals surface area contributed by atoms with E-state index in [-0.39, 0.29) is 6.61 Å². The highest BCUT2D eigenvalue weighted by atomic mass is 16.6. The van der Waals surface area contributed by atoms with Crippen LogP contribution in [0, 0.1) is 5.92 Å². The molecule has 1 amide bonds. The second-order valence-electron chi connectivity index (χ2n) is 6.67. The molecule has 0 aliphatic carbocycles. The third-order valence-corrected chi connectivity index (χ3v) is 5.03. The van der Waals surface area contributed by atoms with Crippen LogP contribution in [0.4, 0.5) is 10.5 Å². The number of methoxy groups -OCH3 is 2. The Labute approximate surface area is 169 Å². The quantitative estimate of drug-likeness (QED) is 0.438. The minimum Gasteiger partial charge on any atom is -0.468 e. The first-order chi connectivity index (χ1) is 14.1. The molecule has 0 bridgehead atoms. The smallest absolute Gasteiger partial charge is 0.414 e. The van der Waals surface area contributed by atoms with Crippen molar-refractivity contribution in [2.75, 3.05) is 25.7 Å². The Kier molecular flexibility index (Phi) is 6.49. The minimum atomic E-state index is -1.09. The van der Waals surface area contributed by atoms with Crippen LogP contribution in [0.5, 0.6) is 0 Å². The molecule has 152 valence electrons. The molecule has 0 saturated heterocycles. The number of anilines is 1. The highest BCUT2D eigenvalue weighted by Crippen LogP contribution is 2.40. The molecule has 0 radical (unpaired) electrons. The van der Waals surface area contributed by atoms with Gasteiger partial charge in [-0.15, -0.1) is 0 Å². The predicted octanol–water partition coefficient (Wildman–Crippen LogP) is 3.28. The number of carbonyl (C=O) groups is 3. The maximum Gasteiger partial charge on any atom is 0.414 e. The van der Waals surface area contributed by atoms with Gasteiger partial charge in [0.05, 0.1) is 19.9 Å². The van der Waals surface area contributed by atoms with Crippen LogP contribution in [0.1, 0.15) is 23.5 Å². The second kappa shape index (κ2) is 9.23. The molecule has 1 heterocycles. The molecular weight excluding hydrogens is 374 g/mol. The molecule has 0 N–H and O–H groups in total. The Hall–Kier alpha value is -3.35. The summed E-state index contributed by atoms with van der Waals surface area (Å²) in [5.74, 6) is -2.86. The Balaban J connectivity index is 1.83. The van der Waals surface area contributed by atoms with E-state index >= 15 is 0 Å². The molecule has 0 saturated carbocycles. The van der Waals surface area contributed by atoms with Gasteiger partial charge in [0.25, 0.3) is 0 Å². The molecule has 1 aliphatic heterocycles. The fraction of sp³-hybridized carbons (Fsp3) is 0.318. The standard InChI is InChI=1S/C22H23NO6/c1-27-20(24)19(21(25)28-2)17-12-13-23(18-11-7-6-10-16(17)18)22(26)29-14-15-8-4-3-5-9-15/h3-11,17,19H,12-14H2,1-2H3/t17-/m0/s1. The lowest BCUT2D eigenvalue weighted by Crippen LogP contribution is -2.41. The summed E-state index contributed by atoms with van der Waals surface area (Å²) < 4.78 is 15.1. The van der Waals surface area contributed by atoms with Crippen LogP contribution in [0.15, 0.2) is 54.6 Å². The summed E-state index contributed by atoms with van der Waals surface area (Å²) in [6.07, 6.45) is -0.0841. The Morgan fingerprint density at radius 3 is 2.24 bits per heavy atom. The van der Waals surface area contributed by atoms with Crippen molar-refractivity contribution >= 4 is 23.7 Å². The van der Waals surface area contributed by atoms with E-state index in [1.165, 1.54) is 19.1 Å². The number of hydrogen-bond donors (Lipinski definition) is 0. The Morgan fingerprint density at radius 2 is 1.59 bits per heavy atom. The molecule has 7 heteroatoms. The fourth-order valence-electron chi connectivity index (χ4n) is 3.60. The van der Waals surface area contributed by atoms with Gasteiger partial charge < -0.3 is 14.2 Å². The molecule has 29 heavy (non-hydrogen) atoms. The van der Waals surface area contributed by atoms with Gasteiger partial charge in [-0.1, -0.05) is 48.5 Å². The topological polar surface area (TPSA) is 82.1 Å². The molecule has 1 aliphatic rings. The van der Waals surface area contributed by atoms with Crippen LogP contribution in [-0.4, -0.2) is 38.8 Å². The summed E-state index contributed by atoms with van der Waals surface area (Å²) in [5, 5.41) is 0. The van der Waals surface area contributed by atoms with Crippen LogP contribution < -0.4 is 4.90 Å². The van der Waals surface area contributed by atoms with Crippen molar-refractivity contribution in [3.05, 3.63) is 65.7 Å². The van der Waals surface area contributed by atoms with Gasteiger partial charge in [-0.3, -0.25) is 14.5 Å². The van der Waals surface area contributed by atoms with Gasteiger partial charge in [-0.25, -0.2) is 4.79 Å². The van der Waals surface area contributed by atoms with Crippen LogP contribution >= 0.6 is 0 Å². The van der Waals surface area contributed by atoms with Gasteiger partial charge >= 0.3 is 18.0 Å². The summed E-state index contributed by atoms with van der Waals surface area (Å²) in [6.45, 7) is 0.467. The maximum absolute atomic E-state index is 12.7. The van der Waals surface area contributed by atoms with E-state index in [0.29, 0.717) is 24.2 Å². The number of rotatable bonds is 5. The SMILES string of the molecule is COC(=O)C(C(=O)OC)[C@H]1CCN(C(=O)OCc2ccccc2)c2ccccc21. The van der Waals surface area contributed by atoms with Crippen LogP contribution in [-0.2, 0) is 30.4 Å². The number of para-hydroxylation sites is 1. The van der Waals surface area contributed by atoms with Crippen molar-refractivity contribution in [3.63, 3.8) is 0 Å². The van der Waals surface area contributed by atoms with Crippen molar-refractivity contribution < 1.29 is 28.6 Å². The van der Waals surface area contributed by atoms with Gasteiger partial charge in [0, 0.05) is 12.5 Å². The third-order valence-electron chi connectivity index (χ3n) is 5.03. The number of ether oxygens (including phenoxy) is 3. The maximum atomic E-state index is 12.7. The first-order valence-electron chi connectivity index (χ1n) is 9.29. The minimum absolute atomic E-state index is 0.161. The summed E-state index contributed by atoms with van der Waals surface area (Å²) in [4.78, 5) is 38.8. The summed E-state index contributed by atoms with van der Waals surface area (Å²) in [7, 11) is 2.47. The predicted molar refractivity (Wildman–Crippen MR) is 105 cm³/mol. The molecule has 0 fully saturated rings. The summed E-state index contributed by atoms with van der Waals surface area (Å²) in [6, 6.07) is 16.6. The lowest BCUT2D eigenvalue weighted by Gasteiger charge is -2.35. The number of amides is 1. The molecule has 0 unspecified atom stereocenters. The number of benzene rings is 2. The average molecular weight is 397 g/mol. The van der Waals surface area contributed by atoms with Gasteiger partial charge in [0.15, 0.2) is 5.92 Å². The number of carbonyl (C=O) groups excluding carboxylic acids is 3. The van der Waals surface area contributed by atoms with Gasteiger partial charge in [0.1, 0.15) is 6.61 Å². The van der Waals surface area contributed by atoms with E-state index in [2.05, 4.69) is 0 Å². The summed E-state index contributed by atoms with van der Waals surface area (Å²) >= 11 is 0. The molecule has 0 spiro atoms. The third kappa shape index (κ3) is 4.39. The van der Waals surface area contributed by atoms with Crippen molar-refractivity contribution in [2.24, 2.45) is 5.92 Å². The van der Waals surface area contributed by atoms with E-state index < -0.39 is 29.9 Å². The zero-order valence-corrected chi connectivity index (χ0v) is 16.4. The first kappa shape index (κ1) is 20.4. The lowest BCUT2D eigenvalue weighted by molar-refractivity contribution is -0.160. The van der Waals surface area contributed by atoms with E-state index in [0.717, 1.165) is 5.56 Å². The molecular formula is C22H23NO6. The van der Waals surface area contributed by atoms with E-state index in [1.807, 2.05) is 30.3 Å². The molecule has 1 atom stereocenters. The fourth-order valence-corrected chi connectivity index (χ4v) is 3.60. The van der Waals surface area contributed by atoms with Gasteiger partial charge in [-0.05, 0) is 23.6 Å².